The minimum atomic E-state index is -1.36. The highest BCUT2D eigenvalue weighted by atomic mass is 28.4. The fraction of sp³-hybridized carbons (Fsp3) is 1.00. The van der Waals surface area contributed by atoms with Gasteiger partial charge in [0, 0.05) is 0 Å². The summed E-state index contributed by atoms with van der Waals surface area (Å²) in [6, 6.07) is 0. The normalized spacial score (nSPS) is 16.2. The maximum atomic E-state index is 5.88. The Morgan fingerprint density at radius 3 is 1.67 bits per heavy atom. The minimum Gasteiger partial charge on any atom is -0.403 e. The largest absolute Gasteiger partial charge is 0.403 e. The molecular weight excluding hydrogens is 182 g/mol. The van der Waals surface area contributed by atoms with Crippen LogP contribution < -0.4 is 4.98 Å². The Balaban J connectivity index is 3.83. The highest BCUT2D eigenvalue weighted by Gasteiger charge is 2.22. The maximum Gasteiger partial charge on any atom is 0.185 e. The van der Waals surface area contributed by atoms with E-state index in [1.54, 1.807) is 0 Å². The van der Waals surface area contributed by atoms with Gasteiger partial charge in [0.15, 0.2) is 8.32 Å². The quantitative estimate of drug-likeness (QED) is 0.563. The zero-order valence-electron chi connectivity index (χ0n) is 9.49. The first-order valence-electron chi connectivity index (χ1n) is 4.56. The van der Waals surface area contributed by atoms with Gasteiger partial charge in [-0.2, -0.15) is 0 Å². The summed E-state index contributed by atoms with van der Waals surface area (Å²) < 4.78 is 5.88. The van der Waals surface area contributed by atoms with E-state index in [9.17, 15) is 0 Å². The zero-order chi connectivity index (χ0) is 9.99. The van der Waals surface area contributed by atoms with Gasteiger partial charge in [0.2, 0.25) is 0 Å². The van der Waals surface area contributed by atoms with Gasteiger partial charge in [0.05, 0.1) is 6.23 Å². The molecule has 0 bridgehead atoms. The van der Waals surface area contributed by atoms with Crippen molar-refractivity contribution in [2.75, 3.05) is 0 Å². The molecule has 0 amide bonds. The fourth-order valence-electron chi connectivity index (χ4n) is 1.17. The van der Waals surface area contributed by atoms with Crippen molar-refractivity contribution in [3.63, 3.8) is 0 Å². The summed E-state index contributed by atoms with van der Waals surface area (Å²) in [6.45, 7) is 15.6. The molecule has 0 aliphatic heterocycles. The summed E-state index contributed by atoms with van der Waals surface area (Å²) in [4.78, 5) is 3.53. The Bertz CT molecular complexity index is 121. The number of hydrogen-bond acceptors (Lipinski definition) is 2. The second-order valence-corrected chi connectivity index (χ2v) is 14.5. The molecule has 1 atom stereocenters. The molecule has 0 aromatic carbocycles. The van der Waals surface area contributed by atoms with Crippen LogP contribution in [0.3, 0.4) is 0 Å². The molecule has 0 aliphatic carbocycles. The molecule has 0 aromatic heterocycles. The molecule has 0 saturated carbocycles. The predicted molar refractivity (Wildman–Crippen MR) is 60.4 cm³/mol. The summed E-state index contributed by atoms with van der Waals surface area (Å²) in [7, 11) is -2.53. The third kappa shape index (κ3) is 8.45. The average molecular weight is 205 g/mol. The SMILES string of the molecule is CC(N[Si](C)(C)C)O[Si](C)(C)C. The van der Waals surface area contributed by atoms with E-state index in [1.807, 2.05) is 0 Å². The van der Waals surface area contributed by atoms with Crippen molar-refractivity contribution >= 4 is 16.6 Å². The first kappa shape index (κ1) is 12.4. The van der Waals surface area contributed by atoms with Crippen LogP contribution in [-0.2, 0) is 4.43 Å². The highest BCUT2D eigenvalue weighted by Crippen LogP contribution is 2.07. The third-order valence-corrected chi connectivity index (χ3v) is 3.50. The molecule has 0 aromatic rings. The Morgan fingerprint density at radius 2 is 1.42 bits per heavy atom. The lowest BCUT2D eigenvalue weighted by atomic mass is 10.7. The second kappa shape index (κ2) is 4.04. The Labute approximate surface area is 78.9 Å². The van der Waals surface area contributed by atoms with Crippen LogP contribution >= 0.6 is 0 Å². The molecule has 74 valence electrons. The highest BCUT2D eigenvalue weighted by molar-refractivity contribution is 6.74. The van der Waals surface area contributed by atoms with E-state index in [4.69, 9.17) is 4.43 Å². The first-order valence-corrected chi connectivity index (χ1v) is 11.5. The van der Waals surface area contributed by atoms with Gasteiger partial charge in [-0.1, -0.05) is 19.6 Å². The molecule has 12 heavy (non-hydrogen) atoms. The molecule has 0 radical (unpaired) electrons. The summed E-state index contributed by atoms with van der Waals surface area (Å²) >= 11 is 0. The Kier molecular flexibility index (Phi) is 4.16. The zero-order valence-corrected chi connectivity index (χ0v) is 11.5. The molecule has 2 nitrogen and oxygen atoms in total. The fourth-order valence-corrected chi connectivity index (χ4v) is 3.69. The van der Waals surface area contributed by atoms with Gasteiger partial charge in [0.1, 0.15) is 8.24 Å². The van der Waals surface area contributed by atoms with Crippen LogP contribution in [0.15, 0.2) is 0 Å². The lowest BCUT2D eigenvalue weighted by Gasteiger charge is -2.29. The van der Waals surface area contributed by atoms with E-state index < -0.39 is 16.6 Å². The third-order valence-electron chi connectivity index (χ3n) is 1.17. The van der Waals surface area contributed by atoms with Crippen molar-refractivity contribution in [1.82, 2.24) is 4.98 Å². The van der Waals surface area contributed by atoms with E-state index in [0.29, 0.717) is 0 Å². The molecule has 0 aliphatic rings. The Morgan fingerprint density at radius 1 is 1.00 bits per heavy atom. The minimum absolute atomic E-state index is 0.225. The van der Waals surface area contributed by atoms with Crippen LogP contribution in [0.5, 0.6) is 0 Å². The molecule has 0 fully saturated rings. The van der Waals surface area contributed by atoms with Crippen molar-refractivity contribution in [2.24, 2.45) is 0 Å². The topological polar surface area (TPSA) is 21.3 Å². The van der Waals surface area contributed by atoms with Gasteiger partial charge >= 0.3 is 0 Å². The van der Waals surface area contributed by atoms with Gasteiger partial charge in [-0.25, -0.2) is 0 Å². The van der Waals surface area contributed by atoms with Crippen molar-refractivity contribution in [2.45, 2.75) is 52.4 Å². The molecule has 0 saturated heterocycles. The second-order valence-electron chi connectivity index (χ2n) is 5.27. The van der Waals surface area contributed by atoms with Crippen LogP contribution in [0.1, 0.15) is 6.92 Å². The summed E-state index contributed by atoms with van der Waals surface area (Å²) in [5, 5.41) is 0. The molecule has 4 heteroatoms. The van der Waals surface area contributed by atoms with Crippen molar-refractivity contribution in [3.8, 4) is 0 Å². The van der Waals surface area contributed by atoms with Gasteiger partial charge in [-0.15, -0.1) is 0 Å². The number of nitrogens with one attached hydrogen (secondary N) is 1. The van der Waals surface area contributed by atoms with E-state index in [0.717, 1.165) is 0 Å². The summed E-state index contributed by atoms with van der Waals surface area (Å²) in [5.74, 6) is 0. The molecule has 1 N–H and O–H groups in total. The number of hydrogen-bond donors (Lipinski definition) is 1. The number of rotatable bonds is 4. The van der Waals surface area contributed by atoms with Gasteiger partial charge in [0.25, 0.3) is 0 Å². The van der Waals surface area contributed by atoms with E-state index in [-0.39, 0.29) is 6.23 Å². The molecule has 0 spiro atoms. The van der Waals surface area contributed by atoms with Crippen molar-refractivity contribution in [1.29, 1.82) is 0 Å². The summed E-state index contributed by atoms with van der Waals surface area (Å²) in [6.07, 6.45) is 0.225. The standard InChI is InChI=1S/C8H23NOSi2/c1-8(9-11(2,3)4)10-12(5,6)7/h8-9H,1-7H3. The molecule has 0 heterocycles. The lowest BCUT2D eigenvalue weighted by Crippen LogP contribution is -2.50. The monoisotopic (exact) mass is 205 g/mol. The first-order chi connectivity index (χ1) is 5.10. The van der Waals surface area contributed by atoms with Gasteiger partial charge in [-0.3, -0.25) is 0 Å². The van der Waals surface area contributed by atoms with Crippen LogP contribution in [0.2, 0.25) is 39.3 Å². The Hall–Kier alpha value is 0.354. The van der Waals surface area contributed by atoms with Crippen molar-refractivity contribution in [3.05, 3.63) is 0 Å². The smallest absolute Gasteiger partial charge is 0.185 e. The van der Waals surface area contributed by atoms with Gasteiger partial charge < -0.3 is 9.41 Å². The van der Waals surface area contributed by atoms with Gasteiger partial charge in [-0.05, 0) is 26.6 Å². The van der Waals surface area contributed by atoms with Crippen LogP contribution in [-0.4, -0.2) is 22.8 Å². The average Bonchev–Trinajstić information content (AvgIpc) is 1.49. The summed E-state index contributed by atoms with van der Waals surface area (Å²) in [5.41, 5.74) is 0. The van der Waals surface area contributed by atoms with Crippen LogP contribution in [0, 0.1) is 0 Å². The van der Waals surface area contributed by atoms with E-state index in [1.165, 1.54) is 0 Å². The maximum absolute atomic E-state index is 5.88. The van der Waals surface area contributed by atoms with E-state index >= 15 is 0 Å². The van der Waals surface area contributed by atoms with Crippen LogP contribution in [0.25, 0.3) is 0 Å². The lowest BCUT2D eigenvalue weighted by molar-refractivity contribution is 0.200. The molecular formula is C8H23NOSi2. The van der Waals surface area contributed by atoms with E-state index in [2.05, 4.69) is 51.2 Å². The molecule has 0 rings (SSSR count). The molecule has 1 unspecified atom stereocenters. The van der Waals surface area contributed by atoms with Crippen LogP contribution in [0.4, 0.5) is 0 Å². The van der Waals surface area contributed by atoms with Crippen molar-refractivity contribution < 1.29 is 4.43 Å². The predicted octanol–water partition coefficient (Wildman–Crippen LogP) is 2.61.